The lowest BCUT2D eigenvalue weighted by Crippen LogP contribution is -2.11. The number of esters is 2. The molecule has 4 heteroatoms. The Labute approximate surface area is 295 Å². The van der Waals surface area contributed by atoms with E-state index in [1.165, 1.54) is 154 Å². The number of benzene rings is 2. The first kappa shape index (κ1) is 41.8. The van der Waals surface area contributed by atoms with E-state index in [9.17, 15) is 9.59 Å². The van der Waals surface area contributed by atoms with Crippen molar-refractivity contribution < 1.29 is 19.1 Å². The maximum absolute atomic E-state index is 13.1. The summed E-state index contributed by atoms with van der Waals surface area (Å²) in [6.07, 6.45) is 36.3. The molecule has 0 saturated heterocycles. The van der Waals surface area contributed by atoms with Crippen LogP contribution in [0.2, 0.25) is 0 Å². The molecule has 0 bridgehead atoms. The third kappa shape index (κ3) is 19.6. The van der Waals surface area contributed by atoms with Gasteiger partial charge >= 0.3 is 11.9 Å². The largest absolute Gasteiger partial charge is 0.462 e. The zero-order chi connectivity index (χ0) is 34.3. The maximum Gasteiger partial charge on any atom is 0.338 e. The van der Waals surface area contributed by atoms with Crippen LogP contribution in [-0.4, -0.2) is 25.2 Å². The van der Waals surface area contributed by atoms with Gasteiger partial charge in [0.05, 0.1) is 24.3 Å². The van der Waals surface area contributed by atoms with Crippen molar-refractivity contribution in [2.24, 2.45) is 0 Å². The summed E-state index contributed by atoms with van der Waals surface area (Å²) in [5.74, 6) is -0.718. The lowest BCUT2D eigenvalue weighted by atomic mass is 9.99. The minimum Gasteiger partial charge on any atom is -0.462 e. The van der Waals surface area contributed by atoms with Gasteiger partial charge in [-0.05, 0) is 30.4 Å². The second kappa shape index (κ2) is 29.5. The number of ether oxygens (including phenoxy) is 2. The molecule has 0 saturated carbocycles. The van der Waals surface area contributed by atoms with Crippen molar-refractivity contribution in [2.45, 2.75) is 194 Å². The van der Waals surface area contributed by atoms with Gasteiger partial charge in [0, 0.05) is 5.39 Å². The molecule has 2 rings (SSSR count). The number of hydrogen-bond acceptors (Lipinski definition) is 4. The smallest absolute Gasteiger partial charge is 0.338 e. The second-order valence-electron chi connectivity index (χ2n) is 14.2. The fraction of sp³-hybridized carbons (Fsp3) is 0.727. The Morgan fingerprint density at radius 2 is 0.667 bits per heavy atom. The quantitative estimate of drug-likeness (QED) is 0.0577. The van der Waals surface area contributed by atoms with E-state index in [1.54, 1.807) is 12.1 Å². The molecule has 0 aliphatic carbocycles. The number of hydrogen-bond donors (Lipinski definition) is 0. The van der Waals surface area contributed by atoms with Crippen LogP contribution in [0.5, 0.6) is 0 Å². The molecule has 0 unspecified atom stereocenters. The van der Waals surface area contributed by atoms with E-state index >= 15 is 0 Å². The molecular weight excluding hydrogens is 592 g/mol. The highest BCUT2D eigenvalue weighted by Gasteiger charge is 2.19. The van der Waals surface area contributed by atoms with E-state index in [0.29, 0.717) is 29.7 Å². The highest BCUT2D eigenvalue weighted by Crippen LogP contribution is 2.25. The summed E-state index contributed by atoms with van der Waals surface area (Å²) in [7, 11) is 0. The van der Waals surface area contributed by atoms with Crippen LogP contribution < -0.4 is 0 Å². The summed E-state index contributed by atoms with van der Waals surface area (Å²) in [5, 5.41) is 1.49. The lowest BCUT2D eigenvalue weighted by Gasteiger charge is -2.12. The van der Waals surface area contributed by atoms with E-state index < -0.39 is 0 Å². The van der Waals surface area contributed by atoms with Gasteiger partial charge in [-0.2, -0.15) is 0 Å². The Balaban J connectivity index is 1.58. The first-order valence-corrected chi connectivity index (χ1v) is 20.5. The van der Waals surface area contributed by atoms with Crippen molar-refractivity contribution in [3.63, 3.8) is 0 Å². The van der Waals surface area contributed by atoms with Crippen LogP contribution in [0.4, 0.5) is 0 Å². The van der Waals surface area contributed by atoms with Gasteiger partial charge in [-0.3, -0.25) is 0 Å². The van der Waals surface area contributed by atoms with E-state index in [1.807, 2.05) is 24.3 Å². The minimum absolute atomic E-state index is 0.359. The zero-order valence-electron chi connectivity index (χ0n) is 31.3. The van der Waals surface area contributed by atoms with Crippen molar-refractivity contribution in [2.75, 3.05) is 13.2 Å². The van der Waals surface area contributed by atoms with Crippen LogP contribution in [0.1, 0.15) is 214 Å². The van der Waals surface area contributed by atoms with Crippen LogP contribution >= 0.6 is 0 Å². The molecule has 0 heterocycles. The van der Waals surface area contributed by atoms with Crippen LogP contribution in [0.15, 0.2) is 36.4 Å². The first-order chi connectivity index (χ1) is 23.7. The molecule has 0 N–H and O–H groups in total. The fourth-order valence-electron chi connectivity index (χ4n) is 6.76. The van der Waals surface area contributed by atoms with Crippen molar-refractivity contribution >= 4 is 22.7 Å². The van der Waals surface area contributed by atoms with Crippen molar-refractivity contribution in [3.8, 4) is 0 Å². The summed E-state index contributed by atoms with van der Waals surface area (Å²) in [6, 6.07) is 11.1. The highest BCUT2D eigenvalue weighted by molar-refractivity contribution is 6.13. The number of carbonyl (C=O) groups excluding carboxylic acids is 2. The highest BCUT2D eigenvalue weighted by atomic mass is 16.5. The predicted molar refractivity (Wildman–Crippen MR) is 205 cm³/mol. The number of fused-ring (bicyclic) bond motifs is 1. The zero-order valence-corrected chi connectivity index (χ0v) is 31.3. The summed E-state index contributed by atoms with van der Waals surface area (Å²) < 4.78 is 11.4. The Morgan fingerprint density at radius 1 is 0.396 bits per heavy atom. The average molecular weight is 665 g/mol. The van der Waals surface area contributed by atoms with E-state index in [4.69, 9.17) is 9.47 Å². The van der Waals surface area contributed by atoms with Crippen LogP contribution in [0.3, 0.4) is 0 Å². The van der Waals surface area contributed by atoms with Gasteiger partial charge < -0.3 is 9.47 Å². The van der Waals surface area contributed by atoms with Gasteiger partial charge in [-0.15, -0.1) is 0 Å². The fourth-order valence-corrected chi connectivity index (χ4v) is 6.76. The Bertz CT molecular complexity index is 996. The maximum atomic E-state index is 13.1. The van der Waals surface area contributed by atoms with Crippen molar-refractivity contribution in [1.82, 2.24) is 0 Å². The predicted octanol–water partition coefficient (Wildman–Crippen LogP) is 14.1. The number of unbranched alkanes of at least 4 members (excludes halogenated alkanes) is 26. The Morgan fingerprint density at radius 3 is 0.958 bits per heavy atom. The van der Waals surface area contributed by atoms with Gasteiger partial charge in [0.2, 0.25) is 0 Å². The van der Waals surface area contributed by atoms with Gasteiger partial charge in [-0.1, -0.05) is 205 Å². The molecule has 48 heavy (non-hydrogen) atoms. The molecule has 272 valence electrons. The Hall–Kier alpha value is -2.36. The molecule has 0 amide bonds. The molecule has 0 aromatic heterocycles. The normalized spacial score (nSPS) is 11.3. The molecule has 2 aromatic carbocycles. The summed E-state index contributed by atoms with van der Waals surface area (Å²) in [5.41, 5.74) is 0.892. The molecule has 0 fully saturated rings. The summed E-state index contributed by atoms with van der Waals surface area (Å²) >= 11 is 0. The molecule has 0 atom stereocenters. The van der Waals surface area contributed by atoms with Crippen LogP contribution in [-0.2, 0) is 9.47 Å². The molecule has 4 nitrogen and oxygen atoms in total. The minimum atomic E-state index is -0.359. The third-order valence-electron chi connectivity index (χ3n) is 9.81. The number of carbonyl (C=O) groups is 2. The van der Waals surface area contributed by atoms with E-state index in [2.05, 4.69) is 13.8 Å². The molecule has 0 aliphatic heterocycles. The van der Waals surface area contributed by atoms with E-state index in [-0.39, 0.29) is 11.9 Å². The monoisotopic (exact) mass is 665 g/mol. The number of rotatable bonds is 32. The molecular formula is C44H72O4. The second-order valence-corrected chi connectivity index (χ2v) is 14.2. The van der Waals surface area contributed by atoms with E-state index in [0.717, 1.165) is 31.1 Å². The molecule has 0 aliphatic rings. The van der Waals surface area contributed by atoms with Gasteiger partial charge in [0.1, 0.15) is 0 Å². The first-order valence-electron chi connectivity index (χ1n) is 20.5. The third-order valence-corrected chi connectivity index (χ3v) is 9.81. The van der Waals surface area contributed by atoms with Crippen molar-refractivity contribution in [3.05, 3.63) is 47.5 Å². The summed E-state index contributed by atoms with van der Waals surface area (Å²) in [6.45, 7) is 5.38. The van der Waals surface area contributed by atoms with Crippen molar-refractivity contribution in [1.29, 1.82) is 0 Å². The average Bonchev–Trinajstić information content (AvgIpc) is 3.10. The SMILES string of the molecule is CCCCCCCCCCCCCCCCOC(=O)c1cccc2cccc(C(=O)OCCCCCCCCCCCCCCCC)c12. The van der Waals surface area contributed by atoms with Gasteiger partial charge in [0.25, 0.3) is 0 Å². The Kier molecular flexibility index (Phi) is 25.7. The van der Waals surface area contributed by atoms with Crippen LogP contribution in [0, 0.1) is 0 Å². The molecule has 2 aromatic rings. The topological polar surface area (TPSA) is 52.6 Å². The van der Waals surface area contributed by atoms with Gasteiger partial charge in [-0.25, -0.2) is 9.59 Å². The lowest BCUT2D eigenvalue weighted by molar-refractivity contribution is 0.0498. The van der Waals surface area contributed by atoms with Crippen LogP contribution in [0.25, 0.3) is 10.8 Å². The standard InChI is InChI=1S/C44H72O4/c1-3-5-7-9-11-13-15-17-19-21-23-25-27-29-37-47-43(45)40-35-31-33-39-34-32-36-41(42(39)40)44(46)48-38-30-28-26-24-22-20-18-16-14-12-10-8-6-4-2/h31-36H,3-30,37-38H2,1-2H3. The molecule has 0 radical (unpaired) electrons. The summed E-state index contributed by atoms with van der Waals surface area (Å²) in [4.78, 5) is 26.2. The van der Waals surface area contributed by atoms with Gasteiger partial charge in [0.15, 0.2) is 0 Å². The molecule has 0 spiro atoms.